The van der Waals surface area contributed by atoms with Gasteiger partial charge in [0.15, 0.2) is 0 Å². The zero-order chi connectivity index (χ0) is 7.14. The second kappa shape index (κ2) is 2.46. The Balaban J connectivity index is 2.49. The summed E-state index contributed by atoms with van der Waals surface area (Å²) in [6.45, 7) is 0. The minimum absolute atomic E-state index is 0.337. The molecule has 0 saturated carbocycles. The van der Waals surface area contributed by atoms with Crippen molar-refractivity contribution in [1.82, 2.24) is 0 Å². The fourth-order valence-electron chi connectivity index (χ4n) is 1.36. The van der Waals surface area contributed by atoms with Crippen LogP contribution in [-0.2, 0) is 6.42 Å². The van der Waals surface area contributed by atoms with E-state index in [0.29, 0.717) is 6.04 Å². The molecule has 1 aromatic rings. The Hall–Kier alpha value is 0.390. The Morgan fingerprint density at radius 3 is 3.20 bits per heavy atom. The van der Waals surface area contributed by atoms with Gasteiger partial charge in [0.1, 0.15) is 0 Å². The molecule has 3 heteroatoms. The van der Waals surface area contributed by atoms with Crippen LogP contribution in [0, 0.1) is 2.88 Å². The first kappa shape index (κ1) is 7.06. The summed E-state index contributed by atoms with van der Waals surface area (Å²) in [7, 11) is 0. The molecule has 1 aromatic heterocycles. The molecule has 1 nitrogen and oxygen atoms in total. The van der Waals surface area contributed by atoms with E-state index in [1.54, 1.807) is 0 Å². The van der Waals surface area contributed by atoms with E-state index in [2.05, 4.69) is 28.7 Å². The molecule has 0 aromatic carbocycles. The van der Waals surface area contributed by atoms with Crippen molar-refractivity contribution < 1.29 is 0 Å². The minimum atomic E-state index is 0.337. The van der Waals surface area contributed by atoms with Crippen LogP contribution in [0.25, 0.3) is 0 Å². The summed E-state index contributed by atoms with van der Waals surface area (Å²) in [5.41, 5.74) is 7.35. The third-order valence-corrected chi connectivity index (χ3v) is 3.94. The van der Waals surface area contributed by atoms with Crippen molar-refractivity contribution in [3.8, 4) is 0 Å². The number of fused-ring (bicyclic) bond motifs is 1. The van der Waals surface area contributed by atoms with Crippen molar-refractivity contribution in [3.63, 3.8) is 0 Å². The van der Waals surface area contributed by atoms with E-state index in [4.69, 9.17) is 5.73 Å². The molecule has 10 heavy (non-hydrogen) atoms. The molecule has 1 atom stereocenters. The Kier molecular flexibility index (Phi) is 1.74. The van der Waals surface area contributed by atoms with Gasteiger partial charge in [0, 0.05) is 10.9 Å². The van der Waals surface area contributed by atoms with Crippen LogP contribution in [0.15, 0.2) is 6.07 Å². The van der Waals surface area contributed by atoms with Gasteiger partial charge in [0.2, 0.25) is 0 Å². The standard InChI is InChI=1S/C7H8INS/c8-6-3-4-1-2-5(9)7(4)10-6/h3,5H,1-2,9H2. The molecule has 0 amide bonds. The summed E-state index contributed by atoms with van der Waals surface area (Å²) in [4.78, 5) is 1.42. The molecule has 2 rings (SSSR count). The maximum Gasteiger partial charge on any atom is 0.0659 e. The number of aryl methyl sites for hydroxylation is 1. The molecule has 54 valence electrons. The second-order valence-electron chi connectivity index (χ2n) is 2.59. The molecular weight excluding hydrogens is 257 g/mol. The Morgan fingerprint density at radius 1 is 1.70 bits per heavy atom. The highest BCUT2D eigenvalue weighted by Crippen LogP contribution is 2.36. The van der Waals surface area contributed by atoms with E-state index in [-0.39, 0.29) is 0 Å². The van der Waals surface area contributed by atoms with E-state index in [9.17, 15) is 0 Å². The van der Waals surface area contributed by atoms with Crippen molar-refractivity contribution in [1.29, 1.82) is 0 Å². The predicted molar refractivity (Wildman–Crippen MR) is 52.3 cm³/mol. The second-order valence-corrected chi connectivity index (χ2v) is 5.56. The largest absolute Gasteiger partial charge is 0.323 e. The molecule has 1 unspecified atom stereocenters. The van der Waals surface area contributed by atoms with E-state index < -0.39 is 0 Å². The van der Waals surface area contributed by atoms with Crippen LogP contribution < -0.4 is 5.73 Å². The van der Waals surface area contributed by atoms with Gasteiger partial charge in [-0.25, -0.2) is 0 Å². The fourth-order valence-corrected chi connectivity index (χ4v) is 3.42. The quantitative estimate of drug-likeness (QED) is 0.716. The van der Waals surface area contributed by atoms with Crippen molar-refractivity contribution in [3.05, 3.63) is 19.4 Å². The predicted octanol–water partition coefficient (Wildman–Crippen LogP) is 2.30. The average molecular weight is 265 g/mol. The lowest BCUT2D eigenvalue weighted by molar-refractivity contribution is 0.720. The lowest BCUT2D eigenvalue weighted by atomic mass is 10.3. The van der Waals surface area contributed by atoms with Crippen molar-refractivity contribution >= 4 is 33.9 Å². The van der Waals surface area contributed by atoms with Crippen LogP contribution in [0.2, 0.25) is 0 Å². The number of hydrogen-bond acceptors (Lipinski definition) is 2. The summed E-state index contributed by atoms with van der Waals surface area (Å²) in [5, 5.41) is 0. The van der Waals surface area contributed by atoms with Gasteiger partial charge in [-0.15, -0.1) is 11.3 Å². The highest BCUT2D eigenvalue weighted by Gasteiger charge is 2.21. The van der Waals surface area contributed by atoms with Gasteiger partial charge >= 0.3 is 0 Å². The van der Waals surface area contributed by atoms with Crippen molar-refractivity contribution in [2.45, 2.75) is 18.9 Å². The van der Waals surface area contributed by atoms with Gasteiger partial charge in [0.05, 0.1) is 2.88 Å². The normalized spacial score (nSPS) is 23.2. The van der Waals surface area contributed by atoms with Crippen LogP contribution in [0.5, 0.6) is 0 Å². The topological polar surface area (TPSA) is 26.0 Å². The van der Waals surface area contributed by atoms with Crippen LogP contribution in [0.3, 0.4) is 0 Å². The van der Waals surface area contributed by atoms with Crippen LogP contribution in [0.1, 0.15) is 22.9 Å². The molecule has 0 spiro atoms. The fraction of sp³-hybridized carbons (Fsp3) is 0.429. The summed E-state index contributed by atoms with van der Waals surface area (Å²) in [5.74, 6) is 0. The van der Waals surface area contributed by atoms with E-state index in [1.807, 2.05) is 11.3 Å². The molecule has 0 saturated heterocycles. The molecule has 1 aliphatic rings. The van der Waals surface area contributed by atoms with Gasteiger partial charge in [-0.1, -0.05) is 0 Å². The van der Waals surface area contributed by atoms with Gasteiger partial charge in [-0.05, 0) is 47.1 Å². The first-order valence-corrected chi connectivity index (χ1v) is 5.20. The maximum atomic E-state index is 5.87. The van der Waals surface area contributed by atoms with Gasteiger partial charge in [-0.2, -0.15) is 0 Å². The molecule has 2 N–H and O–H groups in total. The van der Waals surface area contributed by atoms with Gasteiger partial charge in [0.25, 0.3) is 0 Å². The average Bonchev–Trinajstić information content (AvgIpc) is 2.35. The molecule has 0 fully saturated rings. The Labute approximate surface area is 77.8 Å². The molecule has 0 bridgehead atoms. The Morgan fingerprint density at radius 2 is 2.50 bits per heavy atom. The molecule has 1 heterocycles. The van der Waals surface area contributed by atoms with Crippen LogP contribution in [-0.4, -0.2) is 0 Å². The molecule has 0 radical (unpaired) electrons. The SMILES string of the molecule is NC1CCc2cc(I)sc21. The van der Waals surface area contributed by atoms with E-state index >= 15 is 0 Å². The third-order valence-electron chi connectivity index (χ3n) is 1.87. The monoisotopic (exact) mass is 265 g/mol. The molecule has 0 aliphatic heterocycles. The number of hydrogen-bond donors (Lipinski definition) is 1. The minimum Gasteiger partial charge on any atom is -0.323 e. The first-order chi connectivity index (χ1) is 4.77. The number of halogens is 1. The van der Waals surface area contributed by atoms with Crippen molar-refractivity contribution in [2.75, 3.05) is 0 Å². The number of nitrogens with two attached hydrogens (primary N) is 1. The van der Waals surface area contributed by atoms with Gasteiger partial charge < -0.3 is 5.73 Å². The molecule has 1 aliphatic carbocycles. The summed E-state index contributed by atoms with van der Waals surface area (Å²) >= 11 is 4.20. The number of rotatable bonds is 0. The smallest absolute Gasteiger partial charge is 0.0659 e. The zero-order valence-corrected chi connectivity index (χ0v) is 8.41. The van der Waals surface area contributed by atoms with Gasteiger partial charge in [-0.3, -0.25) is 0 Å². The molecular formula is C7H8INS. The lowest BCUT2D eigenvalue weighted by Crippen LogP contribution is -2.03. The Bertz CT molecular complexity index is 256. The maximum absolute atomic E-state index is 5.87. The van der Waals surface area contributed by atoms with E-state index in [0.717, 1.165) is 6.42 Å². The highest BCUT2D eigenvalue weighted by molar-refractivity contribution is 14.1. The summed E-state index contributed by atoms with van der Waals surface area (Å²) < 4.78 is 1.37. The van der Waals surface area contributed by atoms with E-state index in [1.165, 1.54) is 19.7 Å². The summed E-state index contributed by atoms with van der Waals surface area (Å²) in [6.07, 6.45) is 2.34. The van der Waals surface area contributed by atoms with Crippen LogP contribution in [0.4, 0.5) is 0 Å². The zero-order valence-electron chi connectivity index (χ0n) is 5.43. The highest BCUT2D eigenvalue weighted by atomic mass is 127. The summed E-state index contributed by atoms with van der Waals surface area (Å²) in [6, 6.07) is 2.59. The number of thiophene rings is 1. The lowest BCUT2D eigenvalue weighted by Gasteiger charge is -1.97. The van der Waals surface area contributed by atoms with Crippen LogP contribution >= 0.6 is 33.9 Å². The third kappa shape index (κ3) is 1.00. The first-order valence-electron chi connectivity index (χ1n) is 3.31. The van der Waals surface area contributed by atoms with Crippen molar-refractivity contribution in [2.24, 2.45) is 5.73 Å².